The lowest BCUT2D eigenvalue weighted by atomic mass is 10.0. The van der Waals surface area contributed by atoms with E-state index in [1.807, 2.05) is 37.4 Å². The number of H-pyrrole nitrogens is 1. The van der Waals surface area contributed by atoms with Gasteiger partial charge < -0.3 is 19.8 Å². The second-order valence-electron chi connectivity index (χ2n) is 6.30. The highest BCUT2D eigenvalue weighted by molar-refractivity contribution is 5.97. The topological polar surface area (TPSA) is 80.4 Å². The quantitative estimate of drug-likeness (QED) is 0.657. The molecule has 3 aromatic rings. The minimum Gasteiger partial charge on any atom is -0.496 e. The molecule has 3 rings (SSSR count). The normalized spacial score (nSPS) is 11.8. The van der Waals surface area contributed by atoms with Crippen molar-refractivity contribution in [3.63, 3.8) is 0 Å². The number of para-hydroxylation sites is 1. The summed E-state index contributed by atoms with van der Waals surface area (Å²) >= 11 is 0. The molecule has 1 unspecified atom stereocenters. The molecule has 0 spiro atoms. The number of rotatable bonds is 6. The maximum absolute atomic E-state index is 12.7. The molecule has 0 bridgehead atoms. The Bertz CT molecular complexity index is 977. The highest BCUT2D eigenvalue weighted by Gasteiger charge is 2.24. The van der Waals surface area contributed by atoms with Gasteiger partial charge in [-0.05, 0) is 36.2 Å². The third-order valence-corrected chi connectivity index (χ3v) is 4.56. The predicted octanol–water partition coefficient (Wildman–Crippen LogP) is 3.00. The molecule has 0 aliphatic heterocycles. The highest BCUT2D eigenvalue weighted by atomic mass is 16.5. The van der Waals surface area contributed by atoms with Gasteiger partial charge in [0.2, 0.25) is 0 Å². The highest BCUT2D eigenvalue weighted by Crippen LogP contribution is 2.21. The standard InChI is InChI=1S/C21H22N2O4/c1-13-8-9-14(11-19(13)26-2)20(24)23-18(21(25)27-3)10-15-12-22-17-7-5-4-6-16(15)17/h4-9,11-12,18,22H,10H2,1-3H3,(H,23,24). The molecule has 6 heteroatoms. The fraction of sp³-hybridized carbons (Fsp3) is 0.238. The van der Waals surface area contributed by atoms with Crippen LogP contribution in [0.15, 0.2) is 48.7 Å². The van der Waals surface area contributed by atoms with Crippen LogP contribution in [0.3, 0.4) is 0 Å². The number of methoxy groups -OCH3 is 2. The first kappa shape index (κ1) is 18.5. The summed E-state index contributed by atoms with van der Waals surface area (Å²) in [5.41, 5.74) is 3.26. The van der Waals surface area contributed by atoms with E-state index in [1.165, 1.54) is 7.11 Å². The molecule has 1 amide bonds. The van der Waals surface area contributed by atoms with Gasteiger partial charge in [0.1, 0.15) is 11.8 Å². The fourth-order valence-corrected chi connectivity index (χ4v) is 3.06. The van der Waals surface area contributed by atoms with Gasteiger partial charge in [0.05, 0.1) is 14.2 Å². The summed E-state index contributed by atoms with van der Waals surface area (Å²) in [7, 11) is 2.86. The lowest BCUT2D eigenvalue weighted by Crippen LogP contribution is -2.43. The van der Waals surface area contributed by atoms with E-state index in [0.717, 1.165) is 22.0 Å². The van der Waals surface area contributed by atoms with Crippen molar-refractivity contribution in [3.8, 4) is 5.75 Å². The zero-order chi connectivity index (χ0) is 19.4. The van der Waals surface area contributed by atoms with E-state index in [-0.39, 0.29) is 5.91 Å². The van der Waals surface area contributed by atoms with Crippen molar-refractivity contribution < 1.29 is 19.1 Å². The number of aryl methyl sites for hydroxylation is 1. The number of carbonyl (C=O) groups is 2. The Balaban J connectivity index is 1.83. The zero-order valence-corrected chi connectivity index (χ0v) is 15.5. The molecule has 6 nitrogen and oxygen atoms in total. The van der Waals surface area contributed by atoms with Gasteiger partial charge in [-0.2, -0.15) is 0 Å². The number of nitrogens with one attached hydrogen (secondary N) is 2. The van der Waals surface area contributed by atoms with Crippen molar-refractivity contribution in [1.29, 1.82) is 0 Å². The summed E-state index contributed by atoms with van der Waals surface area (Å²) in [6.45, 7) is 1.90. The molecule has 0 saturated heterocycles. The van der Waals surface area contributed by atoms with Crippen LogP contribution in [-0.2, 0) is 16.0 Å². The molecule has 2 N–H and O–H groups in total. The lowest BCUT2D eigenvalue weighted by Gasteiger charge is -2.17. The summed E-state index contributed by atoms with van der Waals surface area (Å²) in [4.78, 5) is 28.1. The number of hydrogen-bond donors (Lipinski definition) is 2. The minimum atomic E-state index is -0.797. The monoisotopic (exact) mass is 366 g/mol. The van der Waals surface area contributed by atoms with Gasteiger partial charge in [0.25, 0.3) is 5.91 Å². The minimum absolute atomic E-state index is 0.325. The summed E-state index contributed by atoms with van der Waals surface area (Å²) in [5.74, 6) is -0.231. The largest absolute Gasteiger partial charge is 0.496 e. The maximum Gasteiger partial charge on any atom is 0.328 e. The molecule has 1 aromatic heterocycles. The van der Waals surface area contributed by atoms with Crippen molar-refractivity contribution in [1.82, 2.24) is 10.3 Å². The Labute approximate surface area is 157 Å². The number of aromatic amines is 1. The molecule has 0 saturated carbocycles. The van der Waals surface area contributed by atoms with Gasteiger partial charge in [-0.15, -0.1) is 0 Å². The molecular formula is C21H22N2O4. The van der Waals surface area contributed by atoms with Crippen molar-refractivity contribution in [2.75, 3.05) is 14.2 Å². The molecule has 0 aliphatic rings. The van der Waals surface area contributed by atoms with E-state index in [9.17, 15) is 9.59 Å². The first-order chi connectivity index (χ1) is 13.0. The van der Waals surface area contributed by atoms with Gasteiger partial charge in [-0.25, -0.2) is 4.79 Å². The third-order valence-electron chi connectivity index (χ3n) is 4.56. The first-order valence-electron chi connectivity index (χ1n) is 8.61. The van der Waals surface area contributed by atoms with E-state index in [0.29, 0.717) is 17.7 Å². The summed E-state index contributed by atoms with van der Waals surface area (Å²) in [6.07, 6.45) is 2.17. The van der Waals surface area contributed by atoms with Crippen LogP contribution in [0.5, 0.6) is 5.75 Å². The van der Waals surface area contributed by atoms with Crippen molar-refractivity contribution >= 4 is 22.8 Å². The van der Waals surface area contributed by atoms with Crippen LogP contribution in [0, 0.1) is 6.92 Å². The first-order valence-corrected chi connectivity index (χ1v) is 8.61. The second kappa shape index (κ2) is 7.95. The summed E-state index contributed by atoms with van der Waals surface area (Å²) in [5, 5.41) is 3.79. The molecule has 140 valence electrons. The SMILES string of the molecule is COC(=O)C(Cc1c[nH]c2ccccc12)NC(=O)c1ccc(C)c(OC)c1. The molecular weight excluding hydrogens is 344 g/mol. The van der Waals surface area contributed by atoms with Crippen LogP contribution in [0.1, 0.15) is 21.5 Å². The number of aromatic nitrogens is 1. The summed E-state index contributed by atoms with van der Waals surface area (Å²) < 4.78 is 10.2. The van der Waals surface area contributed by atoms with E-state index >= 15 is 0 Å². The predicted molar refractivity (Wildman–Crippen MR) is 103 cm³/mol. The van der Waals surface area contributed by atoms with Gasteiger partial charge in [-0.3, -0.25) is 4.79 Å². The molecule has 27 heavy (non-hydrogen) atoms. The van der Waals surface area contributed by atoms with E-state index in [4.69, 9.17) is 9.47 Å². The van der Waals surface area contributed by atoms with E-state index < -0.39 is 12.0 Å². The van der Waals surface area contributed by atoms with E-state index in [2.05, 4.69) is 10.3 Å². The number of benzene rings is 2. The Morgan fingerprint density at radius 2 is 1.93 bits per heavy atom. The molecule has 1 atom stereocenters. The van der Waals surface area contributed by atoms with Gasteiger partial charge in [0.15, 0.2) is 0 Å². The average Bonchev–Trinajstić information content (AvgIpc) is 3.10. The van der Waals surface area contributed by atoms with Crippen LogP contribution >= 0.6 is 0 Å². The van der Waals surface area contributed by atoms with Crippen molar-refractivity contribution in [2.45, 2.75) is 19.4 Å². The van der Waals surface area contributed by atoms with Gasteiger partial charge >= 0.3 is 5.97 Å². The Morgan fingerprint density at radius 1 is 1.15 bits per heavy atom. The number of fused-ring (bicyclic) bond motifs is 1. The number of amides is 1. The molecule has 0 radical (unpaired) electrons. The van der Waals surface area contributed by atoms with Gasteiger partial charge in [0, 0.05) is 29.1 Å². The Kier molecular flexibility index (Phi) is 5.45. The maximum atomic E-state index is 12.7. The lowest BCUT2D eigenvalue weighted by molar-refractivity contribution is -0.142. The third kappa shape index (κ3) is 3.95. The Hall–Kier alpha value is -3.28. The van der Waals surface area contributed by atoms with Gasteiger partial charge in [-0.1, -0.05) is 24.3 Å². The number of esters is 1. The molecule has 0 aliphatic carbocycles. The van der Waals surface area contributed by atoms with Crippen LogP contribution in [0.4, 0.5) is 0 Å². The Morgan fingerprint density at radius 3 is 2.67 bits per heavy atom. The van der Waals surface area contributed by atoms with Crippen molar-refractivity contribution in [2.24, 2.45) is 0 Å². The van der Waals surface area contributed by atoms with Crippen molar-refractivity contribution in [3.05, 3.63) is 65.4 Å². The van der Waals surface area contributed by atoms with Crippen LogP contribution in [0.2, 0.25) is 0 Å². The van der Waals surface area contributed by atoms with Crippen LogP contribution in [0.25, 0.3) is 10.9 Å². The van der Waals surface area contributed by atoms with Crippen LogP contribution in [-0.4, -0.2) is 37.1 Å². The smallest absolute Gasteiger partial charge is 0.328 e. The number of carbonyl (C=O) groups excluding carboxylic acids is 2. The average molecular weight is 366 g/mol. The molecule has 1 heterocycles. The number of ether oxygens (including phenoxy) is 2. The van der Waals surface area contributed by atoms with Crippen LogP contribution < -0.4 is 10.1 Å². The number of hydrogen-bond acceptors (Lipinski definition) is 4. The zero-order valence-electron chi connectivity index (χ0n) is 15.5. The van der Waals surface area contributed by atoms with E-state index in [1.54, 1.807) is 25.3 Å². The second-order valence-corrected chi connectivity index (χ2v) is 6.30. The fourth-order valence-electron chi connectivity index (χ4n) is 3.06. The summed E-state index contributed by atoms with van der Waals surface area (Å²) in [6, 6.07) is 12.2. The molecule has 0 fully saturated rings. The molecule has 2 aromatic carbocycles.